The molecule has 0 bridgehead atoms. The smallest absolute Gasteiger partial charge is 0.325 e. The molecule has 0 radical (unpaired) electrons. The van der Waals surface area contributed by atoms with Gasteiger partial charge < -0.3 is 15.0 Å². The summed E-state index contributed by atoms with van der Waals surface area (Å²) in [5.74, 6) is -0.269. The van der Waals surface area contributed by atoms with E-state index in [1.165, 1.54) is 7.11 Å². The van der Waals surface area contributed by atoms with E-state index in [9.17, 15) is 9.59 Å². The number of hydrogen-bond acceptors (Lipinski definition) is 4. The fourth-order valence-electron chi connectivity index (χ4n) is 2.95. The number of rotatable bonds is 6. The van der Waals surface area contributed by atoms with Gasteiger partial charge in [0.05, 0.1) is 12.5 Å². The molecule has 1 heterocycles. The monoisotopic (exact) mass is 284 g/mol. The Balaban J connectivity index is 2.91. The highest BCUT2D eigenvalue weighted by atomic mass is 16.5. The van der Waals surface area contributed by atoms with Crippen molar-refractivity contribution < 1.29 is 14.3 Å². The second-order valence-electron chi connectivity index (χ2n) is 5.91. The number of nitrogens with zero attached hydrogens (tertiary/aromatic N) is 1. The summed E-state index contributed by atoms with van der Waals surface area (Å²) in [7, 11) is 1.36. The molecule has 0 aromatic rings. The molecule has 1 unspecified atom stereocenters. The first-order valence-corrected chi connectivity index (χ1v) is 7.55. The van der Waals surface area contributed by atoms with E-state index >= 15 is 0 Å². The Morgan fingerprint density at radius 1 is 1.40 bits per heavy atom. The van der Waals surface area contributed by atoms with Crippen molar-refractivity contribution in [2.45, 2.75) is 52.5 Å². The third-order valence-electron chi connectivity index (χ3n) is 4.07. The fraction of sp³-hybridized carbons (Fsp3) is 0.867. The van der Waals surface area contributed by atoms with E-state index in [1.807, 2.05) is 13.8 Å². The third kappa shape index (κ3) is 3.95. The molecule has 1 N–H and O–H groups in total. The zero-order chi connectivity index (χ0) is 15.2. The Kier molecular flexibility index (Phi) is 6.46. The standard InChI is InChI=1S/C15H28N2O3/c1-5-7-15(8-6-9-16-11-15)14(19)17(12(2)3)10-13(18)20-4/h12,16H,5-11H2,1-4H3. The predicted molar refractivity (Wildman–Crippen MR) is 78.3 cm³/mol. The molecule has 0 aliphatic carbocycles. The fourth-order valence-corrected chi connectivity index (χ4v) is 2.95. The van der Waals surface area contributed by atoms with Gasteiger partial charge in [0.15, 0.2) is 0 Å². The summed E-state index contributed by atoms with van der Waals surface area (Å²) in [5, 5.41) is 3.34. The summed E-state index contributed by atoms with van der Waals surface area (Å²) in [4.78, 5) is 26.2. The Labute approximate surface area is 122 Å². The van der Waals surface area contributed by atoms with Gasteiger partial charge in [0.25, 0.3) is 0 Å². The minimum atomic E-state index is -0.359. The van der Waals surface area contributed by atoms with Crippen LogP contribution in [0.4, 0.5) is 0 Å². The van der Waals surface area contributed by atoms with E-state index < -0.39 is 0 Å². The molecule has 1 saturated heterocycles. The maximum Gasteiger partial charge on any atom is 0.325 e. The van der Waals surface area contributed by atoms with Gasteiger partial charge in [-0.1, -0.05) is 13.3 Å². The highest BCUT2D eigenvalue weighted by Crippen LogP contribution is 2.34. The number of methoxy groups -OCH3 is 1. The Morgan fingerprint density at radius 2 is 2.10 bits per heavy atom. The van der Waals surface area contributed by atoms with Gasteiger partial charge in [0.1, 0.15) is 6.54 Å². The molecule has 5 nitrogen and oxygen atoms in total. The van der Waals surface area contributed by atoms with Crippen molar-refractivity contribution in [2.75, 3.05) is 26.7 Å². The molecule has 20 heavy (non-hydrogen) atoms. The summed E-state index contributed by atoms with van der Waals surface area (Å²) >= 11 is 0. The van der Waals surface area contributed by atoms with Crippen molar-refractivity contribution in [2.24, 2.45) is 5.41 Å². The van der Waals surface area contributed by atoms with Crippen LogP contribution < -0.4 is 5.32 Å². The Hall–Kier alpha value is -1.10. The average molecular weight is 284 g/mol. The number of amides is 1. The quantitative estimate of drug-likeness (QED) is 0.752. The van der Waals surface area contributed by atoms with Crippen LogP contribution in [-0.2, 0) is 14.3 Å². The summed E-state index contributed by atoms with van der Waals surface area (Å²) in [5.41, 5.74) is -0.356. The molecular weight excluding hydrogens is 256 g/mol. The lowest BCUT2D eigenvalue weighted by Crippen LogP contribution is -2.54. The zero-order valence-electron chi connectivity index (χ0n) is 13.2. The van der Waals surface area contributed by atoms with E-state index in [4.69, 9.17) is 4.74 Å². The molecule has 1 aliphatic heterocycles. The van der Waals surface area contributed by atoms with Gasteiger partial charge >= 0.3 is 5.97 Å². The second-order valence-corrected chi connectivity index (χ2v) is 5.91. The van der Waals surface area contributed by atoms with Gasteiger partial charge in [-0.05, 0) is 39.7 Å². The average Bonchev–Trinajstić information content (AvgIpc) is 2.44. The van der Waals surface area contributed by atoms with E-state index in [0.29, 0.717) is 6.54 Å². The van der Waals surface area contributed by atoms with Gasteiger partial charge in [-0.3, -0.25) is 9.59 Å². The summed E-state index contributed by atoms with van der Waals surface area (Å²) < 4.78 is 4.71. The maximum atomic E-state index is 13.0. The highest BCUT2D eigenvalue weighted by molar-refractivity contribution is 5.87. The van der Waals surface area contributed by atoms with Crippen molar-refractivity contribution in [3.63, 3.8) is 0 Å². The van der Waals surface area contributed by atoms with Gasteiger partial charge in [-0.15, -0.1) is 0 Å². The maximum absolute atomic E-state index is 13.0. The van der Waals surface area contributed by atoms with E-state index in [1.54, 1.807) is 4.90 Å². The molecule has 0 aromatic heterocycles. The lowest BCUT2D eigenvalue weighted by molar-refractivity contribution is -0.154. The molecule has 1 aliphatic rings. The first-order chi connectivity index (χ1) is 9.46. The minimum absolute atomic E-state index is 0.00254. The van der Waals surface area contributed by atoms with Crippen LogP contribution in [0.5, 0.6) is 0 Å². The molecule has 1 atom stereocenters. The van der Waals surface area contributed by atoms with Crippen molar-refractivity contribution in [3.8, 4) is 0 Å². The van der Waals surface area contributed by atoms with Crippen LogP contribution in [0.25, 0.3) is 0 Å². The van der Waals surface area contributed by atoms with Crippen molar-refractivity contribution in [1.82, 2.24) is 10.2 Å². The van der Waals surface area contributed by atoms with Crippen LogP contribution in [0.2, 0.25) is 0 Å². The number of esters is 1. The van der Waals surface area contributed by atoms with Gasteiger partial charge in [0.2, 0.25) is 5.91 Å². The largest absolute Gasteiger partial charge is 0.468 e. The summed E-state index contributed by atoms with van der Waals surface area (Å²) in [6.07, 6.45) is 3.74. The predicted octanol–water partition coefficient (Wildman–Crippen LogP) is 1.57. The van der Waals surface area contributed by atoms with E-state index in [0.717, 1.165) is 32.2 Å². The van der Waals surface area contributed by atoms with E-state index in [-0.39, 0.29) is 29.9 Å². The Morgan fingerprint density at radius 3 is 2.55 bits per heavy atom. The molecule has 0 aromatic carbocycles. The summed E-state index contributed by atoms with van der Waals surface area (Å²) in [6.45, 7) is 7.71. The normalized spacial score (nSPS) is 22.6. The van der Waals surface area contributed by atoms with Crippen molar-refractivity contribution >= 4 is 11.9 Å². The highest BCUT2D eigenvalue weighted by Gasteiger charge is 2.42. The van der Waals surface area contributed by atoms with Crippen molar-refractivity contribution in [3.05, 3.63) is 0 Å². The molecule has 116 valence electrons. The van der Waals surface area contributed by atoms with Crippen LogP contribution in [0.1, 0.15) is 46.5 Å². The number of hydrogen-bond donors (Lipinski definition) is 1. The molecule has 0 spiro atoms. The molecule has 1 rings (SSSR count). The van der Waals surface area contributed by atoms with Crippen LogP contribution >= 0.6 is 0 Å². The first-order valence-electron chi connectivity index (χ1n) is 7.55. The van der Waals surface area contributed by atoms with E-state index in [2.05, 4.69) is 12.2 Å². The first kappa shape index (κ1) is 17.0. The SMILES string of the molecule is CCCC1(C(=O)N(CC(=O)OC)C(C)C)CCCNC1. The molecule has 1 amide bonds. The number of ether oxygens (including phenoxy) is 1. The third-order valence-corrected chi connectivity index (χ3v) is 4.07. The molecule has 0 saturated carbocycles. The number of piperidine rings is 1. The number of carbonyl (C=O) groups is 2. The Bertz CT molecular complexity index is 331. The lowest BCUT2D eigenvalue weighted by atomic mass is 9.75. The number of carbonyl (C=O) groups excluding carboxylic acids is 2. The molecular formula is C15H28N2O3. The van der Waals surface area contributed by atoms with Gasteiger partial charge in [-0.25, -0.2) is 0 Å². The number of nitrogens with one attached hydrogen (secondary N) is 1. The van der Waals surface area contributed by atoms with Gasteiger partial charge in [0, 0.05) is 12.6 Å². The topological polar surface area (TPSA) is 58.6 Å². The van der Waals surface area contributed by atoms with Crippen LogP contribution in [0.3, 0.4) is 0 Å². The van der Waals surface area contributed by atoms with Crippen LogP contribution in [0.15, 0.2) is 0 Å². The van der Waals surface area contributed by atoms with Crippen molar-refractivity contribution in [1.29, 1.82) is 0 Å². The van der Waals surface area contributed by atoms with Crippen LogP contribution in [-0.4, -0.2) is 49.6 Å². The summed E-state index contributed by atoms with van der Waals surface area (Å²) in [6, 6.07) is -0.00254. The van der Waals surface area contributed by atoms with Gasteiger partial charge in [-0.2, -0.15) is 0 Å². The minimum Gasteiger partial charge on any atom is -0.468 e. The molecule has 5 heteroatoms. The lowest BCUT2D eigenvalue weighted by Gasteiger charge is -2.41. The van der Waals surface area contributed by atoms with Crippen LogP contribution in [0, 0.1) is 5.41 Å². The molecule has 1 fully saturated rings. The second kappa shape index (κ2) is 7.62. The zero-order valence-corrected chi connectivity index (χ0v) is 13.2.